The van der Waals surface area contributed by atoms with Gasteiger partial charge in [0.15, 0.2) is 0 Å². The van der Waals surface area contributed by atoms with Crippen LogP contribution in [0.25, 0.3) is 0 Å². The summed E-state index contributed by atoms with van der Waals surface area (Å²) in [5.41, 5.74) is 0.778. The third kappa shape index (κ3) is 3.76. The summed E-state index contributed by atoms with van der Waals surface area (Å²) in [6.45, 7) is 18.0. The van der Waals surface area contributed by atoms with Crippen LogP contribution in [0.2, 0.25) is 0 Å². The largest absolute Gasteiger partial charge is 0.310 e. The zero-order chi connectivity index (χ0) is 15.0. The molecule has 2 atom stereocenters. The van der Waals surface area contributed by atoms with Gasteiger partial charge in [-0.2, -0.15) is 0 Å². The van der Waals surface area contributed by atoms with Crippen molar-refractivity contribution in [2.24, 2.45) is 17.3 Å². The Hall–Kier alpha value is -0.0800. The number of piperazine rings is 1. The van der Waals surface area contributed by atoms with Gasteiger partial charge >= 0.3 is 0 Å². The van der Waals surface area contributed by atoms with Gasteiger partial charge in [0.05, 0.1) is 0 Å². The summed E-state index contributed by atoms with van der Waals surface area (Å²) < 4.78 is 0. The van der Waals surface area contributed by atoms with E-state index in [1.54, 1.807) is 0 Å². The van der Waals surface area contributed by atoms with E-state index in [4.69, 9.17) is 0 Å². The molecule has 2 aliphatic rings. The molecule has 2 rings (SSSR count). The average Bonchev–Trinajstić information content (AvgIpc) is 3.13. The first-order valence-electron chi connectivity index (χ1n) is 8.72. The number of nitrogens with one attached hydrogen (secondary N) is 1. The lowest BCUT2D eigenvalue weighted by molar-refractivity contribution is 0.00893. The van der Waals surface area contributed by atoms with Gasteiger partial charge in [0.1, 0.15) is 0 Å². The van der Waals surface area contributed by atoms with E-state index in [2.05, 4.69) is 51.8 Å². The quantitative estimate of drug-likeness (QED) is 0.821. The molecule has 1 N–H and O–H groups in total. The third-order valence-corrected chi connectivity index (χ3v) is 5.54. The van der Waals surface area contributed by atoms with E-state index in [9.17, 15) is 0 Å². The van der Waals surface area contributed by atoms with Crippen LogP contribution in [0.3, 0.4) is 0 Å². The minimum absolute atomic E-state index is 0.362. The first-order valence-corrected chi connectivity index (χ1v) is 8.72. The maximum atomic E-state index is 3.86. The molecule has 0 aromatic carbocycles. The minimum Gasteiger partial charge on any atom is -0.310 e. The van der Waals surface area contributed by atoms with Gasteiger partial charge in [-0.15, -0.1) is 0 Å². The SMILES string of the molecule is CC(C)CCCN1CC(C(C)(C)C)NCC1(C)C1CC1. The molecule has 0 radical (unpaired) electrons. The molecule has 1 saturated heterocycles. The van der Waals surface area contributed by atoms with Crippen LogP contribution in [0.15, 0.2) is 0 Å². The second kappa shape index (κ2) is 5.96. The van der Waals surface area contributed by atoms with Crippen LogP contribution >= 0.6 is 0 Å². The summed E-state index contributed by atoms with van der Waals surface area (Å²) in [5.74, 6) is 1.78. The molecular weight excluding hydrogens is 244 g/mol. The maximum absolute atomic E-state index is 3.86. The topological polar surface area (TPSA) is 15.3 Å². The fourth-order valence-corrected chi connectivity index (χ4v) is 3.66. The molecule has 2 heteroatoms. The Morgan fingerprint density at radius 3 is 2.40 bits per heavy atom. The van der Waals surface area contributed by atoms with E-state index < -0.39 is 0 Å². The van der Waals surface area contributed by atoms with Crippen molar-refractivity contribution in [2.75, 3.05) is 19.6 Å². The fraction of sp³-hybridized carbons (Fsp3) is 1.00. The molecule has 20 heavy (non-hydrogen) atoms. The van der Waals surface area contributed by atoms with Crippen LogP contribution in [0.1, 0.15) is 67.2 Å². The number of nitrogens with zero attached hydrogens (tertiary/aromatic N) is 1. The summed E-state index contributed by atoms with van der Waals surface area (Å²) in [5, 5.41) is 3.86. The van der Waals surface area contributed by atoms with Crippen molar-refractivity contribution in [1.29, 1.82) is 0 Å². The Morgan fingerprint density at radius 1 is 1.25 bits per heavy atom. The van der Waals surface area contributed by atoms with Crippen LogP contribution in [-0.2, 0) is 0 Å². The highest BCUT2D eigenvalue weighted by Crippen LogP contribution is 2.45. The standard InChI is InChI=1S/C18H36N2/c1-14(2)8-7-11-20-12-16(17(3,4)5)19-13-18(20,6)15-9-10-15/h14-16,19H,7-13H2,1-6H3. The van der Waals surface area contributed by atoms with Gasteiger partial charge in [0, 0.05) is 24.7 Å². The minimum atomic E-state index is 0.362. The van der Waals surface area contributed by atoms with E-state index >= 15 is 0 Å². The Balaban J connectivity index is 1.99. The molecule has 0 aromatic heterocycles. The average molecular weight is 281 g/mol. The molecule has 2 unspecified atom stereocenters. The van der Waals surface area contributed by atoms with Crippen molar-refractivity contribution >= 4 is 0 Å². The predicted molar refractivity (Wildman–Crippen MR) is 88.0 cm³/mol. The molecule has 2 fully saturated rings. The predicted octanol–water partition coefficient (Wildman–Crippen LogP) is 3.91. The highest BCUT2D eigenvalue weighted by Gasteiger charge is 2.49. The highest BCUT2D eigenvalue weighted by atomic mass is 15.3. The molecule has 0 amide bonds. The van der Waals surface area contributed by atoms with Gasteiger partial charge in [-0.1, -0.05) is 34.6 Å². The Labute approximate surface area is 126 Å². The lowest BCUT2D eigenvalue weighted by Crippen LogP contribution is -2.66. The Bertz CT molecular complexity index is 314. The second-order valence-electron chi connectivity index (χ2n) is 8.91. The van der Waals surface area contributed by atoms with E-state index in [1.165, 1.54) is 45.3 Å². The maximum Gasteiger partial charge on any atom is 0.0334 e. The first-order chi connectivity index (χ1) is 9.23. The van der Waals surface area contributed by atoms with Crippen molar-refractivity contribution in [2.45, 2.75) is 78.8 Å². The zero-order valence-corrected chi connectivity index (χ0v) is 14.6. The lowest BCUT2D eigenvalue weighted by Gasteiger charge is -2.51. The number of rotatable bonds is 5. The molecule has 118 valence electrons. The van der Waals surface area contributed by atoms with Crippen molar-refractivity contribution < 1.29 is 0 Å². The van der Waals surface area contributed by atoms with Crippen molar-refractivity contribution in [1.82, 2.24) is 10.2 Å². The molecular formula is C18H36N2. The molecule has 0 bridgehead atoms. The van der Waals surface area contributed by atoms with Crippen LogP contribution in [0, 0.1) is 17.3 Å². The van der Waals surface area contributed by atoms with E-state index in [1.807, 2.05) is 0 Å². The van der Waals surface area contributed by atoms with Gasteiger partial charge in [0.25, 0.3) is 0 Å². The second-order valence-corrected chi connectivity index (χ2v) is 8.91. The monoisotopic (exact) mass is 280 g/mol. The molecule has 1 aliphatic carbocycles. The highest BCUT2D eigenvalue weighted by molar-refractivity contribution is 5.06. The summed E-state index contributed by atoms with van der Waals surface area (Å²) >= 11 is 0. The molecule has 1 saturated carbocycles. The normalized spacial score (nSPS) is 32.9. The third-order valence-electron chi connectivity index (χ3n) is 5.54. The molecule has 1 aliphatic heterocycles. The Morgan fingerprint density at radius 2 is 1.90 bits per heavy atom. The molecule has 0 aromatic rings. The number of hydrogen-bond donors (Lipinski definition) is 1. The Kier molecular flexibility index (Phi) is 4.86. The van der Waals surface area contributed by atoms with Gasteiger partial charge in [0.2, 0.25) is 0 Å². The molecule has 2 nitrogen and oxygen atoms in total. The van der Waals surface area contributed by atoms with Crippen LogP contribution in [0.5, 0.6) is 0 Å². The molecule has 0 spiro atoms. The zero-order valence-electron chi connectivity index (χ0n) is 14.6. The van der Waals surface area contributed by atoms with Crippen LogP contribution in [-0.4, -0.2) is 36.1 Å². The molecule has 1 heterocycles. The van der Waals surface area contributed by atoms with Crippen LogP contribution in [0.4, 0.5) is 0 Å². The smallest absolute Gasteiger partial charge is 0.0334 e. The van der Waals surface area contributed by atoms with E-state index in [0.29, 0.717) is 17.0 Å². The van der Waals surface area contributed by atoms with Crippen molar-refractivity contribution in [3.05, 3.63) is 0 Å². The van der Waals surface area contributed by atoms with E-state index in [0.717, 1.165) is 11.8 Å². The number of hydrogen-bond acceptors (Lipinski definition) is 2. The van der Waals surface area contributed by atoms with Gasteiger partial charge < -0.3 is 5.32 Å². The summed E-state index contributed by atoms with van der Waals surface area (Å²) in [7, 11) is 0. The van der Waals surface area contributed by atoms with Gasteiger partial charge in [-0.25, -0.2) is 0 Å². The van der Waals surface area contributed by atoms with Crippen molar-refractivity contribution in [3.63, 3.8) is 0 Å². The van der Waals surface area contributed by atoms with Crippen LogP contribution < -0.4 is 5.32 Å². The van der Waals surface area contributed by atoms with E-state index in [-0.39, 0.29) is 0 Å². The van der Waals surface area contributed by atoms with Gasteiger partial charge in [-0.3, -0.25) is 4.90 Å². The lowest BCUT2D eigenvalue weighted by atomic mass is 9.81. The van der Waals surface area contributed by atoms with Gasteiger partial charge in [-0.05, 0) is 56.4 Å². The summed E-state index contributed by atoms with van der Waals surface area (Å²) in [6, 6.07) is 0.633. The summed E-state index contributed by atoms with van der Waals surface area (Å²) in [6.07, 6.45) is 5.61. The fourth-order valence-electron chi connectivity index (χ4n) is 3.66. The summed E-state index contributed by atoms with van der Waals surface area (Å²) in [4.78, 5) is 2.83. The van der Waals surface area contributed by atoms with Crippen molar-refractivity contribution in [3.8, 4) is 0 Å². The first kappa shape index (κ1) is 16.3.